The Morgan fingerprint density at radius 2 is 2.24 bits per heavy atom. The number of aromatic nitrogens is 1. The van der Waals surface area contributed by atoms with Gasteiger partial charge in [0.2, 0.25) is 0 Å². The Balaban J connectivity index is 2.29. The highest BCUT2D eigenvalue weighted by Crippen LogP contribution is 2.26. The average Bonchev–Trinajstić information content (AvgIpc) is 2.74. The van der Waals surface area contributed by atoms with Crippen molar-refractivity contribution in [1.29, 1.82) is 0 Å². The first-order chi connectivity index (χ1) is 8.22. The molecular formula is C13H16N2OS. The number of nitrogens with zero attached hydrogens (tertiary/aromatic N) is 1. The molecule has 0 amide bonds. The Morgan fingerprint density at radius 3 is 2.82 bits per heavy atom. The van der Waals surface area contributed by atoms with Crippen LogP contribution >= 0.6 is 11.3 Å². The van der Waals surface area contributed by atoms with Crippen LogP contribution in [0.1, 0.15) is 22.9 Å². The first-order valence-electron chi connectivity index (χ1n) is 5.59. The highest BCUT2D eigenvalue weighted by atomic mass is 32.1. The third kappa shape index (κ3) is 2.77. The molecule has 1 aromatic carbocycles. The molecule has 90 valence electrons. The van der Waals surface area contributed by atoms with E-state index < -0.39 is 0 Å². The van der Waals surface area contributed by atoms with Crippen LogP contribution in [0.25, 0.3) is 0 Å². The average molecular weight is 248 g/mol. The zero-order valence-corrected chi connectivity index (χ0v) is 10.9. The standard InChI is InChI=1S/C13H16N2OS/c1-3-9-4-5-12(16-2)10(6-9)7-11-8-15-13(14)17-11/h4-6,8H,3,7H2,1-2H3,(H2,14,15). The zero-order chi connectivity index (χ0) is 12.3. The monoisotopic (exact) mass is 248 g/mol. The zero-order valence-electron chi connectivity index (χ0n) is 10.1. The third-order valence-corrected chi connectivity index (χ3v) is 3.52. The van der Waals surface area contributed by atoms with Crippen molar-refractivity contribution in [3.63, 3.8) is 0 Å². The fourth-order valence-corrected chi connectivity index (χ4v) is 2.49. The second-order valence-electron chi connectivity index (χ2n) is 3.84. The molecule has 17 heavy (non-hydrogen) atoms. The van der Waals surface area contributed by atoms with Crippen molar-refractivity contribution in [3.8, 4) is 5.75 Å². The van der Waals surface area contributed by atoms with E-state index in [1.807, 2.05) is 12.3 Å². The van der Waals surface area contributed by atoms with Crippen LogP contribution in [0.4, 0.5) is 5.13 Å². The highest BCUT2D eigenvalue weighted by Gasteiger charge is 2.07. The Bertz CT molecular complexity index is 508. The van der Waals surface area contributed by atoms with Gasteiger partial charge >= 0.3 is 0 Å². The summed E-state index contributed by atoms with van der Waals surface area (Å²) in [5.74, 6) is 0.925. The molecule has 2 aromatic rings. The summed E-state index contributed by atoms with van der Waals surface area (Å²) in [6, 6.07) is 6.32. The van der Waals surface area contributed by atoms with Crippen LogP contribution < -0.4 is 10.5 Å². The SMILES string of the molecule is CCc1ccc(OC)c(Cc2cnc(N)s2)c1. The van der Waals surface area contributed by atoms with Gasteiger partial charge in [-0.1, -0.05) is 19.1 Å². The second-order valence-corrected chi connectivity index (χ2v) is 4.99. The van der Waals surface area contributed by atoms with Crippen LogP contribution in [0.3, 0.4) is 0 Å². The normalized spacial score (nSPS) is 10.5. The van der Waals surface area contributed by atoms with Crippen LogP contribution in [0.15, 0.2) is 24.4 Å². The molecule has 4 heteroatoms. The topological polar surface area (TPSA) is 48.1 Å². The molecule has 0 atom stereocenters. The Morgan fingerprint density at radius 1 is 1.41 bits per heavy atom. The lowest BCUT2D eigenvalue weighted by Gasteiger charge is -2.09. The molecule has 0 bridgehead atoms. The Hall–Kier alpha value is -1.55. The van der Waals surface area contributed by atoms with Crippen LogP contribution in [-0.2, 0) is 12.8 Å². The predicted molar refractivity (Wildman–Crippen MR) is 71.7 cm³/mol. The number of thiazole rings is 1. The first kappa shape index (κ1) is 11.9. The van der Waals surface area contributed by atoms with Gasteiger partial charge in [0.25, 0.3) is 0 Å². The second kappa shape index (κ2) is 5.19. The number of benzene rings is 1. The van der Waals surface area contributed by atoms with Crippen LogP contribution in [0.5, 0.6) is 5.75 Å². The van der Waals surface area contributed by atoms with E-state index in [-0.39, 0.29) is 0 Å². The Kier molecular flexibility index (Phi) is 3.64. The lowest BCUT2D eigenvalue weighted by atomic mass is 10.0. The van der Waals surface area contributed by atoms with Gasteiger partial charge in [0.1, 0.15) is 5.75 Å². The molecular weight excluding hydrogens is 232 g/mol. The molecule has 0 radical (unpaired) electrons. The number of anilines is 1. The molecule has 0 unspecified atom stereocenters. The summed E-state index contributed by atoms with van der Waals surface area (Å²) < 4.78 is 5.38. The van der Waals surface area contributed by atoms with Crippen LogP contribution in [0, 0.1) is 0 Å². The van der Waals surface area contributed by atoms with Gasteiger partial charge in [-0.15, -0.1) is 11.3 Å². The molecule has 2 rings (SSSR count). The van der Waals surface area contributed by atoms with E-state index in [2.05, 4.69) is 24.0 Å². The summed E-state index contributed by atoms with van der Waals surface area (Å²) in [6.45, 7) is 2.15. The maximum atomic E-state index is 5.64. The molecule has 3 nitrogen and oxygen atoms in total. The molecule has 0 saturated carbocycles. The number of methoxy groups -OCH3 is 1. The van der Waals surface area contributed by atoms with E-state index in [0.717, 1.165) is 23.5 Å². The van der Waals surface area contributed by atoms with Gasteiger partial charge in [0.15, 0.2) is 5.13 Å². The van der Waals surface area contributed by atoms with Crippen molar-refractivity contribution < 1.29 is 4.74 Å². The minimum absolute atomic E-state index is 0.616. The van der Waals surface area contributed by atoms with Crippen LogP contribution in [-0.4, -0.2) is 12.1 Å². The van der Waals surface area contributed by atoms with E-state index in [0.29, 0.717) is 5.13 Å². The number of ether oxygens (including phenoxy) is 1. The van der Waals surface area contributed by atoms with Gasteiger partial charge in [-0.2, -0.15) is 0 Å². The fourth-order valence-electron chi connectivity index (χ4n) is 1.78. The number of hydrogen-bond acceptors (Lipinski definition) is 4. The quantitative estimate of drug-likeness (QED) is 0.905. The number of rotatable bonds is 4. The van der Waals surface area contributed by atoms with Gasteiger partial charge in [-0.25, -0.2) is 4.98 Å². The van der Waals surface area contributed by atoms with Crippen molar-refractivity contribution in [1.82, 2.24) is 4.98 Å². The lowest BCUT2D eigenvalue weighted by molar-refractivity contribution is 0.410. The van der Waals surface area contributed by atoms with Crippen molar-refractivity contribution in [2.75, 3.05) is 12.8 Å². The largest absolute Gasteiger partial charge is 0.496 e. The predicted octanol–water partition coefficient (Wildman–Crippen LogP) is 2.89. The van der Waals surface area contributed by atoms with Gasteiger partial charge < -0.3 is 10.5 Å². The molecule has 0 fully saturated rings. The Labute approximate surface area is 105 Å². The van der Waals surface area contributed by atoms with E-state index in [9.17, 15) is 0 Å². The molecule has 0 aliphatic rings. The summed E-state index contributed by atoms with van der Waals surface area (Å²) in [7, 11) is 1.70. The van der Waals surface area contributed by atoms with E-state index in [1.54, 1.807) is 7.11 Å². The van der Waals surface area contributed by atoms with E-state index in [1.165, 1.54) is 22.5 Å². The van der Waals surface area contributed by atoms with Gasteiger partial charge in [-0.05, 0) is 23.6 Å². The van der Waals surface area contributed by atoms with Crippen molar-refractivity contribution in [3.05, 3.63) is 40.4 Å². The minimum atomic E-state index is 0.616. The smallest absolute Gasteiger partial charge is 0.180 e. The minimum Gasteiger partial charge on any atom is -0.496 e. The number of aryl methyl sites for hydroxylation is 1. The fraction of sp³-hybridized carbons (Fsp3) is 0.308. The molecule has 0 saturated heterocycles. The van der Waals surface area contributed by atoms with Crippen molar-refractivity contribution in [2.24, 2.45) is 0 Å². The van der Waals surface area contributed by atoms with Gasteiger partial charge in [-0.3, -0.25) is 0 Å². The van der Waals surface area contributed by atoms with Crippen molar-refractivity contribution >= 4 is 16.5 Å². The number of nitrogens with two attached hydrogens (primary N) is 1. The van der Waals surface area contributed by atoms with Crippen molar-refractivity contribution in [2.45, 2.75) is 19.8 Å². The molecule has 0 aliphatic heterocycles. The molecule has 1 aromatic heterocycles. The van der Waals surface area contributed by atoms with E-state index >= 15 is 0 Å². The molecule has 2 N–H and O–H groups in total. The summed E-state index contributed by atoms with van der Waals surface area (Å²) in [5.41, 5.74) is 8.14. The molecule has 1 heterocycles. The number of nitrogen functional groups attached to an aromatic ring is 1. The number of hydrogen-bond donors (Lipinski definition) is 1. The van der Waals surface area contributed by atoms with E-state index in [4.69, 9.17) is 10.5 Å². The molecule has 0 spiro atoms. The summed E-state index contributed by atoms with van der Waals surface area (Å²) in [5, 5.41) is 0.616. The first-order valence-corrected chi connectivity index (χ1v) is 6.40. The summed E-state index contributed by atoms with van der Waals surface area (Å²) in [4.78, 5) is 5.23. The summed E-state index contributed by atoms with van der Waals surface area (Å²) >= 11 is 1.53. The van der Waals surface area contributed by atoms with Gasteiger partial charge in [0.05, 0.1) is 7.11 Å². The maximum Gasteiger partial charge on any atom is 0.180 e. The lowest BCUT2D eigenvalue weighted by Crippen LogP contribution is -1.94. The van der Waals surface area contributed by atoms with Gasteiger partial charge in [0, 0.05) is 17.5 Å². The summed E-state index contributed by atoms with van der Waals surface area (Å²) in [6.07, 6.45) is 3.69. The highest BCUT2D eigenvalue weighted by molar-refractivity contribution is 7.15. The molecule has 0 aliphatic carbocycles. The third-order valence-electron chi connectivity index (χ3n) is 2.69. The van der Waals surface area contributed by atoms with Crippen LogP contribution in [0.2, 0.25) is 0 Å². The maximum absolute atomic E-state index is 5.64.